The number of benzene rings is 1. The number of rotatable bonds is 3. The Balaban J connectivity index is 1.54. The summed E-state index contributed by atoms with van der Waals surface area (Å²) in [5.41, 5.74) is 0.994. The van der Waals surface area contributed by atoms with Gasteiger partial charge in [-0.1, -0.05) is 12.8 Å². The summed E-state index contributed by atoms with van der Waals surface area (Å²) in [4.78, 5) is 0. The minimum absolute atomic E-state index is 0.178. The van der Waals surface area contributed by atoms with Crippen molar-refractivity contribution in [3.05, 3.63) is 28.5 Å². The number of halogens is 2. The minimum atomic E-state index is -0.232. The van der Waals surface area contributed by atoms with Crippen LogP contribution >= 0.6 is 15.9 Å². The summed E-state index contributed by atoms with van der Waals surface area (Å²) in [6.07, 6.45) is 7.62. The van der Waals surface area contributed by atoms with Gasteiger partial charge in [0.05, 0.1) is 16.2 Å². The van der Waals surface area contributed by atoms with Crippen LogP contribution in [0.3, 0.4) is 0 Å². The highest BCUT2D eigenvalue weighted by atomic mass is 79.9. The van der Waals surface area contributed by atoms with Gasteiger partial charge in [-0.05, 0) is 59.8 Å². The predicted molar refractivity (Wildman–Crippen MR) is 77.9 cm³/mol. The second-order valence-electron chi connectivity index (χ2n) is 5.68. The van der Waals surface area contributed by atoms with Crippen LogP contribution in [0.2, 0.25) is 0 Å². The number of nitrogens with one attached hydrogen (secondary N) is 1. The molecule has 0 radical (unpaired) electrons. The Morgan fingerprint density at radius 1 is 1.32 bits per heavy atom. The van der Waals surface area contributed by atoms with Crippen molar-refractivity contribution in [3.63, 3.8) is 0 Å². The summed E-state index contributed by atoms with van der Waals surface area (Å²) in [7, 11) is 0. The molecule has 1 saturated carbocycles. The van der Waals surface area contributed by atoms with Gasteiger partial charge in [-0.2, -0.15) is 0 Å². The van der Waals surface area contributed by atoms with E-state index < -0.39 is 0 Å². The lowest BCUT2D eigenvalue weighted by molar-refractivity contribution is -0.0307. The molecule has 19 heavy (non-hydrogen) atoms. The fourth-order valence-corrected chi connectivity index (χ4v) is 3.51. The summed E-state index contributed by atoms with van der Waals surface area (Å²) in [5.74, 6) is -0.232. The fraction of sp³-hybridized carbons (Fsp3) is 0.600. The van der Waals surface area contributed by atoms with Crippen molar-refractivity contribution in [2.75, 3.05) is 11.9 Å². The van der Waals surface area contributed by atoms with Crippen LogP contribution in [0.25, 0.3) is 0 Å². The molecule has 1 aromatic carbocycles. The van der Waals surface area contributed by atoms with Crippen LogP contribution < -0.4 is 5.32 Å². The zero-order valence-corrected chi connectivity index (χ0v) is 12.5. The molecule has 1 saturated heterocycles. The van der Waals surface area contributed by atoms with Gasteiger partial charge in [-0.25, -0.2) is 4.39 Å². The van der Waals surface area contributed by atoms with E-state index in [0.29, 0.717) is 4.47 Å². The Morgan fingerprint density at radius 3 is 2.84 bits per heavy atom. The number of ether oxygens (including phenoxy) is 1. The number of anilines is 1. The van der Waals surface area contributed by atoms with E-state index in [1.807, 2.05) is 6.07 Å². The number of hydrogen-bond donors (Lipinski definition) is 1. The monoisotopic (exact) mass is 327 g/mol. The second-order valence-corrected chi connectivity index (χ2v) is 6.53. The lowest BCUT2D eigenvalue weighted by atomic mass is 9.98. The highest BCUT2D eigenvalue weighted by Gasteiger charge is 2.41. The zero-order chi connectivity index (χ0) is 13.3. The van der Waals surface area contributed by atoms with Gasteiger partial charge in [0.1, 0.15) is 5.82 Å². The van der Waals surface area contributed by atoms with Crippen molar-refractivity contribution in [2.24, 2.45) is 0 Å². The zero-order valence-electron chi connectivity index (χ0n) is 10.9. The van der Waals surface area contributed by atoms with Crippen LogP contribution in [0, 0.1) is 5.82 Å². The molecule has 2 nitrogen and oxygen atoms in total. The van der Waals surface area contributed by atoms with Gasteiger partial charge in [0.25, 0.3) is 0 Å². The summed E-state index contributed by atoms with van der Waals surface area (Å²) < 4.78 is 20.1. The van der Waals surface area contributed by atoms with E-state index in [-0.39, 0.29) is 17.5 Å². The molecule has 0 aromatic heterocycles. The van der Waals surface area contributed by atoms with Crippen molar-refractivity contribution >= 4 is 21.6 Å². The van der Waals surface area contributed by atoms with Crippen LogP contribution in [0.15, 0.2) is 22.7 Å². The second kappa shape index (κ2) is 5.41. The molecular formula is C15H19BrFNO. The first-order valence-electron chi connectivity index (χ1n) is 7.04. The van der Waals surface area contributed by atoms with Gasteiger partial charge >= 0.3 is 0 Å². The maximum Gasteiger partial charge on any atom is 0.139 e. The van der Waals surface area contributed by atoms with Gasteiger partial charge < -0.3 is 10.1 Å². The Bertz CT molecular complexity index is 459. The quantitative estimate of drug-likeness (QED) is 0.883. The largest absolute Gasteiger partial charge is 0.382 e. The Kier molecular flexibility index (Phi) is 3.81. The van der Waals surface area contributed by atoms with E-state index in [4.69, 9.17) is 4.74 Å². The highest BCUT2D eigenvalue weighted by Crippen LogP contribution is 2.43. The lowest BCUT2D eigenvalue weighted by Gasteiger charge is -2.24. The molecule has 0 amide bonds. The molecule has 1 unspecified atom stereocenters. The Hall–Kier alpha value is -0.610. The van der Waals surface area contributed by atoms with E-state index in [1.54, 1.807) is 6.07 Å². The van der Waals surface area contributed by atoms with Gasteiger partial charge in [0.15, 0.2) is 0 Å². The first-order valence-corrected chi connectivity index (χ1v) is 7.83. The molecule has 3 rings (SSSR count). The molecule has 1 spiro atoms. The van der Waals surface area contributed by atoms with E-state index in [0.717, 1.165) is 18.7 Å². The molecule has 2 fully saturated rings. The maximum absolute atomic E-state index is 13.4. The van der Waals surface area contributed by atoms with Crippen molar-refractivity contribution in [2.45, 2.75) is 50.2 Å². The van der Waals surface area contributed by atoms with Crippen molar-refractivity contribution in [1.82, 2.24) is 0 Å². The molecule has 1 aromatic rings. The molecule has 104 valence electrons. The fourth-order valence-electron chi connectivity index (χ4n) is 3.26. The van der Waals surface area contributed by atoms with Crippen molar-refractivity contribution in [1.29, 1.82) is 0 Å². The molecule has 1 heterocycles. The molecule has 4 heteroatoms. The predicted octanol–water partition coefficient (Wildman–Crippen LogP) is 4.49. The topological polar surface area (TPSA) is 21.3 Å². The highest BCUT2D eigenvalue weighted by molar-refractivity contribution is 9.10. The van der Waals surface area contributed by atoms with E-state index >= 15 is 0 Å². The number of hydrogen-bond acceptors (Lipinski definition) is 2. The molecule has 1 atom stereocenters. The van der Waals surface area contributed by atoms with Gasteiger partial charge in [-0.15, -0.1) is 0 Å². The van der Waals surface area contributed by atoms with Crippen LogP contribution in [0.1, 0.15) is 38.5 Å². The average Bonchev–Trinajstić information content (AvgIpc) is 3.02. The molecule has 1 aliphatic heterocycles. The maximum atomic E-state index is 13.4. The first kappa shape index (κ1) is 13.4. The third-order valence-corrected chi connectivity index (χ3v) is 4.95. The summed E-state index contributed by atoms with van der Waals surface area (Å²) >= 11 is 3.16. The molecule has 0 bridgehead atoms. The van der Waals surface area contributed by atoms with E-state index in [2.05, 4.69) is 21.2 Å². The molecular weight excluding hydrogens is 309 g/mol. The van der Waals surface area contributed by atoms with Crippen LogP contribution in [-0.4, -0.2) is 18.2 Å². The van der Waals surface area contributed by atoms with Gasteiger partial charge in [0, 0.05) is 12.2 Å². The summed E-state index contributed by atoms with van der Waals surface area (Å²) in [6, 6.07) is 5.13. The van der Waals surface area contributed by atoms with E-state index in [1.165, 1.54) is 38.2 Å². The molecule has 2 aliphatic rings. The standard InChI is InChI=1S/C15H19BrFNO/c16-13-4-3-11(9-14(13)17)18-10-12-5-8-15(19-12)6-1-2-7-15/h3-4,9,12,18H,1-2,5-8,10H2. The Labute approximate surface area is 121 Å². The lowest BCUT2D eigenvalue weighted by Crippen LogP contribution is -2.27. The van der Waals surface area contributed by atoms with Gasteiger partial charge in [-0.3, -0.25) is 0 Å². The molecule has 1 N–H and O–H groups in total. The average molecular weight is 328 g/mol. The normalized spacial score (nSPS) is 25.1. The summed E-state index contributed by atoms with van der Waals surface area (Å²) in [6.45, 7) is 0.767. The molecule has 1 aliphatic carbocycles. The van der Waals surface area contributed by atoms with Gasteiger partial charge in [0.2, 0.25) is 0 Å². The minimum Gasteiger partial charge on any atom is -0.382 e. The van der Waals surface area contributed by atoms with Crippen LogP contribution in [0.5, 0.6) is 0 Å². The third-order valence-electron chi connectivity index (χ3n) is 4.31. The van der Waals surface area contributed by atoms with Crippen molar-refractivity contribution < 1.29 is 9.13 Å². The Morgan fingerprint density at radius 2 is 2.11 bits per heavy atom. The summed E-state index contributed by atoms with van der Waals surface area (Å²) in [5, 5.41) is 3.28. The van der Waals surface area contributed by atoms with Crippen molar-refractivity contribution in [3.8, 4) is 0 Å². The SMILES string of the molecule is Fc1cc(NCC2CCC3(CCCC3)O2)ccc1Br. The van der Waals surface area contributed by atoms with E-state index in [9.17, 15) is 4.39 Å². The van der Waals surface area contributed by atoms with Crippen LogP contribution in [-0.2, 0) is 4.74 Å². The first-order chi connectivity index (χ1) is 9.17. The third kappa shape index (κ3) is 2.95. The smallest absolute Gasteiger partial charge is 0.139 e. The van der Waals surface area contributed by atoms with Crippen LogP contribution in [0.4, 0.5) is 10.1 Å².